The minimum absolute atomic E-state index is 0.575. The van der Waals surface area contributed by atoms with Crippen molar-refractivity contribution in [3.8, 4) is 5.88 Å². The molecule has 0 atom stereocenters. The molecule has 1 aliphatic rings. The Morgan fingerprint density at radius 2 is 2.15 bits per heavy atom. The second kappa shape index (κ2) is 5.36. The summed E-state index contributed by atoms with van der Waals surface area (Å²) in [5.41, 5.74) is 1.03. The Bertz CT molecular complexity index is 609. The summed E-state index contributed by atoms with van der Waals surface area (Å²) in [5.74, 6) is 3.22. The SMILES string of the molecule is COc1cc(CN(C)c2cc(C)nc(C3CC3)n2)sn1. The van der Waals surface area contributed by atoms with Crippen molar-refractivity contribution in [2.24, 2.45) is 0 Å². The molecule has 0 spiro atoms. The van der Waals surface area contributed by atoms with Crippen LogP contribution in [0.3, 0.4) is 0 Å². The molecule has 1 aliphatic carbocycles. The van der Waals surface area contributed by atoms with Crippen LogP contribution >= 0.6 is 11.5 Å². The molecule has 2 heterocycles. The van der Waals surface area contributed by atoms with E-state index in [0.29, 0.717) is 11.8 Å². The van der Waals surface area contributed by atoms with Gasteiger partial charge in [0.25, 0.3) is 0 Å². The monoisotopic (exact) mass is 290 g/mol. The lowest BCUT2D eigenvalue weighted by Crippen LogP contribution is -2.18. The summed E-state index contributed by atoms with van der Waals surface area (Å²) in [7, 11) is 3.68. The van der Waals surface area contributed by atoms with Crippen LogP contribution in [0.25, 0.3) is 0 Å². The molecular formula is C14H18N4OS. The standard InChI is InChI=1S/C14H18N4OS/c1-9-6-12(16-14(15-9)10-4-5-10)18(2)8-11-7-13(19-3)17-20-11/h6-7,10H,4-5,8H2,1-3H3. The normalized spacial score (nSPS) is 14.3. The minimum atomic E-state index is 0.575. The van der Waals surface area contributed by atoms with Crippen molar-refractivity contribution in [1.82, 2.24) is 14.3 Å². The molecule has 1 saturated carbocycles. The summed E-state index contributed by atoms with van der Waals surface area (Å²) >= 11 is 1.46. The van der Waals surface area contributed by atoms with Gasteiger partial charge in [-0.25, -0.2) is 9.97 Å². The highest BCUT2D eigenvalue weighted by atomic mass is 32.1. The zero-order valence-electron chi connectivity index (χ0n) is 12.0. The fraction of sp³-hybridized carbons (Fsp3) is 0.500. The Kier molecular flexibility index (Phi) is 3.56. The molecule has 2 aromatic heterocycles. The van der Waals surface area contributed by atoms with E-state index >= 15 is 0 Å². The number of aryl methyl sites for hydroxylation is 1. The number of rotatable bonds is 5. The number of aromatic nitrogens is 3. The Morgan fingerprint density at radius 3 is 2.80 bits per heavy atom. The fourth-order valence-corrected chi connectivity index (χ4v) is 2.81. The zero-order chi connectivity index (χ0) is 14.1. The second-order valence-corrected chi connectivity index (χ2v) is 6.08. The van der Waals surface area contributed by atoms with E-state index in [4.69, 9.17) is 4.74 Å². The highest BCUT2D eigenvalue weighted by Gasteiger charge is 2.27. The molecule has 20 heavy (non-hydrogen) atoms. The molecule has 0 radical (unpaired) electrons. The van der Waals surface area contributed by atoms with Crippen molar-refractivity contribution in [2.45, 2.75) is 32.2 Å². The zero-order valence-corrected chi connectivity index (χ0v) is 12.8. The molecule has 0 N–H and O–H groups in total. The maximum atomic E-state index is 5.12. The Hall–Kier alpha value is -1.69. The summed E-state index contributed by atoms with van der Waals surface area (Å²) in [6.07, 6.45) is 2.44. The van der Waals surface area contributed by atoms with Gasteiger partial charge < -0.3 is 9.64 Å². The minimum Gasteiger partial charge on any atom is -0.480 e. The number of ether oxygens (including phenoxy) is 1. The van der Waals surface area contributed by atoms with E-state index in [0.717, 1.165) is 28.8 Å². The topological polar surface area (TPSA) is 51.1 Å². The molecule has 0 saturated heterocycles. The Morgan fingerprint density at radius 1 is 1.35 bits per heavy atom. The van der Waals surface area contributed by atoms with E-state index in [9.17, 15) is 0 Å². The van der Waals surface area contributed by atoms with E-state index < -0.39 is 0 Å². The lowest BCUT2D eigenvalue weighted by Gasteiger charge is -2.18. The summed E-state index contributed by atoms with van der Waals surface area (Å²) < 4.78 is 9.33. The van der Waals surface area contributed by atoms with Crippen LogP contribution in [0.1, 0.15) is 35.2 Å². The smallest absolute Gasteiger partial charge is 0.225 e. The predicted molar refractivity (Wildman–Crippen MR) is 79.5 cm³/mol. The highest BCUT2D eigenvalue weighted by molar-refractivity contribution is 7.05. The van der Waals surface area contributed by atoms with Gasteiger partial charge in [0.15, 0.2) is 0 Å². The van der Waals surface area contributed by atoms with Crippen LogP contribution in [0.5, 0.6) is 5.88 Å². The first-order chi connectivity index (χ1) is 9.65. The van der Waals surface area contributed by atoms with Crippen LogP contribution in [0.2, 0.25) is 0 Å². The summed E-state index contributed by atoms with van der Waals surface area (Å²) in [5, 5.41) is 0. The third-order valence-corrected chi connectivity index (χ3v) is 4.08. The molecule has 0 bridgehead atoms. The number of nitrogens with zero attached hydrogens (tertiary/aromatic N) is 4. The predicted octanol–water partition coefficient (Wildman–Crippen LogP) is 2.76. The fourth-order valence-electron chi connectivity index (χ4n) is 2.07. The molecule has 1 fully saturated rings. The van der Waals surface area contributed by atoms with Gasteiger partial charge in [-0.1, -0.05) is 0 Å². The Labute approximate surface area is 122 Å². The highest BCUT2D eigenvalue weighted by Crippen LogP contribution is 2.38. The molecule has 0 aromatic carbocycles. The molecule has 0 unspecified atom stereocenters. The number of anilines is 1. The van der Waals surface area contributed by atoms with Crippen LogP contribution in [0, 0.1) is 6.92 Å². The Balaban J connectivity index is 1.77. The van der Waals surface area contributed by atoms with Crippen LogP contribution in [-0.4, -0.2) is 28.5 Å². The van der Waals surface area contributed by atoms with Crippen molar-refractivity contribution in [3.63, 3.8) is 0 Å². The molecule has 6 heteroatoms. The maximum Gasteiger partial charge on any atom is 0.225 e. The summed E-state index contributed by atoms with van der Waals surface area (Å²) in [4.78, 5) is 12.5. The van der Waals surface area contributed by atoms with Gasteiger partial charge in [0.05, 0.1) is 13.7 Å². The van der Waals surface area contributed by atoms with Crippen molar-refractivity contribution < 1.29 is 4.74 Å². The van der Waals surface area contributed by atoms with Crippen LogP contribution in [0.15, 0.2) is 12.1 Å². The average molecular weight is 290 g/mol. The van der Waals surface area contributed by atoms with E-state index in [2.05, 4.69) is 19.2 Å². The molecule has 5 nitrogen and oxygen atoms in total. The van der Waals surface area contributed by atoms with Gasteiger partial charge in [-0.15, -0.1) is 0 Å². The molecule has 2 aromatic rings. The molecule has 3 rings (SSSR count). The molecule has 0 amide bonds. The first kappa shape index (κ1) is 13.3. The van der Waals surface area contributed by atoms with Crippen molar-refractivity contribution in [1.29, 1.82) is 0 Å². The van der Waals surface area contributed by atoms with E-state index in [1.54, 1.807) is 7.11 Å². The van der Waals surface area contributed by atoms with Gasteiger partial charge in [-0.05, 0) is 31.3 Å². The van der Waals surface area contributed by atoms with E-state index in [1.165, 1.54) is 24.4 Å². The van der Waals surface area contributed by atoms with Gasteiger partial charge in [0.2, 0.25) is 5.88 Å². The number of hydrogen-bond acceptors (Lipinski definition) is 6. The quantitative estimate of drug-likeness (QED) is 0.847. The number of methoxy groups -OCH3 is 1. The van der Waals surface area contributed by atoms with Crippen LogP contribution in [-0.2, 0) is 6.54 Å². The largest absolute Gasteiger partial charge is 0.480 e. The third-order valence-electron chi connectivity index (χ3n) is 3.33. The first-order valence-corrected chi connectivity index (χ1v) is 7.49. The third kappa shape index (κ3) is 2.90. The van der Waals surface area contributed by atoms with Crippen molar-refractivity contribution in [2.75, 3.05) is 19.1 Å². The average Bonchev–Trinajstić information content (AvgIpc) is 3.19. The van der Waals surface area contributed by atoms with E-state index in [1.807, 2.05) is 26.1 Å². The first-order valence-electron chi connectivity index (χ1n) is 6.72. The lowest BCUT2D eigenvalue weighted by atomic mass is 10.3. The van der Waals surface area contributed by atoms with Crippen molar-refractivity contribution >= 4 is 17.4 Å². The summed E-state index contributed by atoms with van der Waals surface area (Å²) in [6.45, 7) is 2.81. The molecule has 106 valence electrons. The van der Waals surface area contributed by atoms with E-state index in [-0.39, 0.29) is 0 Å². The maximum absolute atomic E-state index is 5.12. The van der Waals surface area contributed by atoms with Crippen molar-refractivity contribution in [3.05, 3.63) is 28.5 Å². The van der Waals surface area contributed by atoms with Crippen LogP contribution in [0.4, 0.5) is 5.82 Å². The number of hydrogen-bond donors (Lipinski definition) is 0. The molecule has 0 aliphatic heterocycles. The van der Waals surface area contributed by atoms with Gasteiger partial charge in [0, 0.05) is 35.7 Å². The molecular weight excluding hydrogens is 272 g/mol. The van der Waals surface area contributed by atoms with Gasteiger partial charge >= 0.3 is 0 Å². The summed E-state index contributed by atoms with van der Waals surface area (Å²) in [6, 6.07) is 4.00. The van der Waals surface area contributed by atoms with Gasteiger partial charge in [-0.2, -0.15) is 4.37 Å². The lowest BCUT2D eigenvalue weighted by molar-refractivity contribution is 0.402. The van der Waals surface area contributed by atoms with Gasteiger partial charge in [0.1, 0.15) is 11.6 Å². The van der Waals surface area contributed by atoms with Crippen LogP contribution < -0.4 is 9.64 Å². The van der Waals surface area contributed by atoms with Gasteiger partial charge in [-0.3, -0.25) is 0 Å². The second-order valence-electron chi connectivity index (χ2n) is 5.19.